The Kier molecular flexibility index (Phi) is 2.49. The molecule has 2 N–H and O–H groups in total. The van der Waals surface area contributed by atoms with Crippen LogP contribution >= 0.6 is 11.6 Å². The first-order valence-corrected chi connectivity index (χ1v) is 5.33. The average Bonchev–Trinajstić information content (AvgIpc) is 2.58. The molecule has 1 atom stereocenters. The molecule has 0 saturated heterocycles. The number of nitrogens with two attached hydrogens (primary N) is 1. The van der Waals surface area contributed by atoms with Crippen LogP contribution in [-0.2, 0) is 0 Å². The molecule has 1 heterocycles. The second-order valence-corrected chi connectivity index (χ2v) is 4.36. The molecule has 0 aliphatic heterocycles. The SMILES string of the molecule is Cc1cc2oc(C(C)N)cc2c(C)c1Cl. The molecule has 1 unspecified atom stereocenters. The number of furan rings is 1. The summed E-state index contributed by atoms with van der Waals surface area (Å²) in [6.45, 7) is 5.88. The Morgan fingerprint density at radius 1 is 1.33 bits per heavy atom. The monoisotopic (exact) mass is 223 g/mol. The highest BCUT2D eigenvalue weighted by molar-refractivity contribution is 6.33. The van der Waals surface area contributed by atoms with Crippen molar-refractivity contribution in [3.63, 3.8) is 0 Å². The minimum Gasteiger partial charge on any atom is -0.459 e. The molecule has 1 aromatic heterocycles. The van der Waals surface area contributed by atoms with Crippen molar-refractivity contribution >= 4 is 22.6 Å². The number of aryl methyl sites for hydroxylation is 2. The van der Waals surface area contributed by atoms with Crippen LogP contribution in [0.3, 0.4) is 0 Å². The number of benzene rings is 1. The lowest BCUT2D eigenvalue weighted by Gasteiger charge is -2.02. The molecule has 0 saturated carbocycles. The third-order valence-electron chi connectivity index (χ3n) is 2.66. The van der Waals surface area contributed by atoms with Gasteiger partial charge >= 0.3 is 0 Å². The van der Waals surface area contributed by atoms with E-state index in [4.69, 9.17) is 21.8 Å². The van der Waals surface area contributed by atoms with E-state index < -0.39 is 0 Å². The van der Waals surface area contributed by atoms with E-state index in [0.29, 0.717) is 0 Å². The van der Waals surface area contributed by atoms with Crippen LogP contribution in [0.5, 0.6) is 0 Å². The van der Waals surface area contributed by atoms with E-state index >= 15 is 0 Å². The summed E-state index contributed by atoms with van der Waals surface area (Å²) < 4.78 is 5.66. The predicted molar refractivity (Wildman–Crippen MR) is 63.3 cm³/mol. The van der Waals surface area contributed by atoms with Gasteiger partial charge in [-0.25, -0.2) is 0 Å². The van der Waals surface area contributed by atoms with E-state index in [2.05, 4.69) is 0 Å². The maximum Gasteiger partial charge on any atom is 0.135 e. The Morgan fingerprint density at radius 2 is 2.00 bits per heavy atom. The molecule has 15 heavy (non-hydrogen) atoms. The van der Waals surface area contributed by atoms with Gasteiger partial charge in [-0.1, -0.05) is 11.6 Å². The fraction of sp³-hybridized carbons (Fsp3) is 0.333. The van der Waals surface area contributed by atoms with Crippen LogP contribution < -0.4 is 5.73 Å². The molecule has 0 bridgehead atoms. The zero-order valence-corrected chi connectivity index (χ0v) is 9.85. The fourth-order valence-corrected chi connectivity index (χ4v) is 1.88. The van der Waals surface area contributed by atoms with Gasteiger partial charge in [0, 0.05) is 10.4 Å². The molecule has 80 valence electrons. The summed E-state index contributed by atoms with van der Waals surface area (Å²) >= 11 is 6.17. The maximum atomic E-state index is 6.17. The summed E-state index contributed by atoms with van der Waals surface area (Å²) in [6.07, 6.45) is 0. The van der Waals surface area contributed by atoms with Gasteiger partial charge in [0.2, 0.25) is 0 Å². The molecular formula is C12H14ClNO. The van der Waals surface area contributed by atoms with Crippen molar-refractivity contribution in [1.82, 2.24) is 0 Å². The summed E-state index contributed by atoms with van der Waals surface area (Å²) in [7, 11) is 0. The van der Waals surface area contributed by atoms with Gasteiger partial charge in [0.1, 0.15) is 11.3 Å². The largest absolute Gasteiger partial charge is 0.459 e. The van der Waals surface area contributed by atoms with Crippen molar-refractivity contribution in [2.24, 2.45) is 5.73 Å². The van der Waals surface area contributed by atoms with Crippen molar-refractivity contribution < 1.29 is 4.42 Å². The van der Waals surface area contributed by atoms with Crippen LogP contribution in [0.2, 0.25) is 5.02 Å². The van der Waals surface area contributed by atoms with Gasteiger partial charge in [-0.3, -0.25) is 0 Å². The topological polar surface area (TPSA) is 39.2 Å². The molecule has 2 nitrogen and oxygen atoms in total. The molecule has 1 aromatic carbocycles. The van der Waals surface area contributed by atoms with Crippen LogP contribution in [0, 0.1) is 13.8 Å². The molecule has 2 aromatic rings. The van der Waals surface area contributed by atoms with Crippen LogP contribution in [0.4, 0.5) is 0 Å². The average molecular weight is 224 g/mol. The fourth-order valence-electron chi connectivity index (χ4n) is 1.72. The van der Waals surface area contributed by atoms with Crippen molar-refractivity contribution in [2.75, 3.05) is 0 Å². The van der Waals surface area contributed by atoms with Crippen molar-refractivity contribution in [3.05, 3.63) is 34.0 Å². The van der Waals surface area contributed by atoms with Gasteiger partial charge in [-0.2, -0.15) is 0 Å². The van der Waals surface area contributed by atoms with Gasteiger partial charge in [0.25, 0.3) is 0 Å². The summed E-state index contributed by atoms with van der Waals surface area (Å²) in [5.41, 5.74) is 8.73. The maximum absolute atomic E-state index is 6.17. The quantitative estimate of drug-likeness (QED) is 0.800. The number of fused-ring (bicyclic) bond motifs is 1. The van der Waals surface area contributed by atoms with Gasteiger partial charge < -0.3 is 10.2 Å². The molecule has 0 aliphatic carbocycles. The van der Waals surface area contributed by atoms with Crippen molar-refractivity contribution in [1.29, 1.82) is 0 Å². The zero-order chi connectivity index (χ0) is 11.2. The predicted octanol–water partition coefficient (Wildman–Crippen LogP) is 3.72. The van der Waals surface area contributed by atoms with E-state index in [9.17, 15) is 0 Å². The Morgan fingerprint density at radius 3 is 2.60 bits per heavy atom. The van der Waals surface area contributed by atoms with Crippen molar-refractivity contribution in [2.45, 2.75) is 26.8 Å². The molecule has 2 rings (SSSR count). The first-order chi connectivity index (χ1) is 7.00. The molecule has 0 fully saturated rings. The lowest BCUT2D eigenvalue weighted by atomic mass is 10.1. The Labute approximate surface area is 94.0 Å². The second-order valence-electron chi connectivity index (χ2n) is 3.98. The third-order valence-corrected chi connectivity index (χ3v) is 3.24. The molecule has 0 aliphatic rings. The first-order valence-electron chi connectivity index (χ1n) is 4.95. The highest BCUT2D eigenvalue weighted by Crippen LogP contribution is 2.32. The first kappa shape index (κ1) is 10.5. The minimum atomic E-state index is -0.0871. The number of hydrogen-bond donors (Lipinski definition) is 1. The summed E-state index contributed by atoms with van der Waals surface area (Å²) in [5.74, 6) is 0.801. The van der Waals surface area contributed by atoms with Gasteiger partial charge in [0.15, 0.2) is 0 Å². The third kappa shape index (κ3) is 1.64. The van der Waals surface area contributed by atoms with Crippen LogP contribution in [0.1, 0.15) is 29.9 Å². The van der Waals surface area contributed by atoms with E-state index in [1.807, 2.05) is 32.9 Å². The molecule has 3 heteroatoms. The van der Waals surface area contributed by atoms with Crippen molar-refractivity contribution in [3.8, 4) is 0 Å². The van der Waals surface area contributed by atoms with E-state index in [-0.39, 0.29) is 6.04 Å². The molecule has 0 radical (unpaired) electrons. The number of rotatable bonds is 1. The highest BCUT2D eigenvalue weighted by atomic mass is 35.5. The lowest BCUT2D eigenvalue weighted by Crippen LogP contribution is -2.02. The van der Waals surface area contributed by atoms with Gasteiger partial charge in [-0.15, -0.1) is 0 Å². The standard InChI is InChI=1S/C12H14ClNO/c1-6-4-11-9(7(2)12(6)13)5-10(15-11)8(3)14/h4-5,8H,14H2,1-3H3. The molecular weight excluding hydrogens is 210 g/mol. The van der Waals surface area contributed by atoms with Gasteiger partial charge in [-0.05, 0) is 44.0 Å². The number of hydrogen-bond acceptors (Lipinski definition) is 2. The summed E-state index contributed by atoms with van der Waals surface area (Å²) in [4.78, 5) is 0. The Balaban J connectivity index is 2.76. The lowest BCUT2D eigenvalue weighted by molar-refractivity contribution is 0.513. The summed E-state index contributed by atoms with van der Waals surface area (Å²) in [5, 5.41) is 1.86. The van der Waals surface area contributed by atoms with E-state index in [1.54, 1.807) is 0 Å². The second kappa shape index (κ2) is 3.54. The smallest absolute Gasteiger partial charge is 0.135 e. The normalized spacial score (nSPS) is 13.4. The van der Waals surface area contributed by atoms with Gasteiger partial charge in [0.05, 0.1) is 6.04 Å². The Hall–Kier alpha value is -0.990. The zero-order valence-electron chi connectivity index (χ0n) is 9.10. The minimum absolute atomic E-state index is 0.0871. The Bertz CT molecular complexity index is 514. The highest BCUT2D eigenvalue weighted by Gasteiger charge is 2.12. The van der Waals surface area contributed by atoms with Crippen LogP contribution in [0.15, 0.2) is 16.5 Å². The van der Waals surface area contributed by atoms with Crippen LogP contribution in [0.25, 0.3) is 11.0 Å². The van der Waals surface area contributed by atoms with E-state index in [0.717, 1.165) is 32.9 Å². The molecule has 0 spiro atoms. The molecule has 0 amide bonds. The van der Waals surface area contributed by atoms with Crippen LogP contribution in [-0.4, -0.2) is 0 Å². The number of halogens is 1. The van der Waals surface area contributed by atoms with E-state index in [1.165, 1.54) is 0 Å². The summed E-state index contributed by atoms with van der Waals surface area (Å²) in [6, 6.07) is 3.84.